The van der Waals surface area contributed by atoms with E-state index in [9.17, 15) is 5.26 Å². The van der Waals surface area contributed by atoms with Crippen molar-refractivity contribution in [2.24, 2.45) is 0 Å². The molecule has 0 unspecified atom stereocenters. The molecule has 0 saturated heterocycles. The first-order valence-corrected chi connectivity index (χ1v) is 19.1. The number of aromatic nitrogens is 3. The van der Waals surface area contributed by atoms with E-state index in [2.05, 4.69) is 140 Å². The number of fused-ring (bicyclic) bond motifs is 3. The standard InChI is InChI=1S/C53H34N4/c54-35-36-21-23-37(24-22-36)38-25-27-39(28-26-38)45-34-48-46(43-17-7-8-18-47(43)53(48,41-13-3-1-4-14-41)42-15-5-2-6-16-42)33-44(45)40-31-51(49-19-9-11-29-55-49)57-52(32-40)50-20-10-12-30-56-50/h1-34H. The fourth-order valence-electron chi connectivity index (χ4n) is 8.52. The molecule has 3 heterocycles. The number of nitriles is 1. The van der Waals surface area contributed by atoms with Gasteiger partial charge in [0.05, 0.1) is 39.8 Å². The summed E-state index contributed by atoms with van der Waals surface area (Å²) in [6.07, 6.45) is 3.62. The molecule has 1 aliphatic carbocycles. The first kappa shape index (κ1) is 33.8. The summed E-state index contributed by atoms with van der Waals surface area (Å²) in [5, 5.41) is 9.39. The molecule has 0 aliphatic heterocycles. The molecule has 9 aromatic rings. The Balaban J connectivity index is 1.27. The first-order valence-electron chi connectivity index (χ1n) is 19.1. The Labute approximate surface area is 332 Å². The Morgan fingerprint density at radius 3 is 1.44 bits per heavy atom. The van der Waals surface area contributed by atoms with E-state index in [1.165, 1.54) is 33.4 Å². The van der Waals surface area contributed by atoms with E-state index in [1.807, 2.05) is 73.1 Å². The molecular weight excluding hydrogens is 693 g/mol. The van der Waals surface area contributed by atoms with Crippen LogP contribution in [0.25, 0.3) is 67.3 Å². The second-order valence-corrected chi connectivity index (χ2v) is 14.3. The molecule has 0 fully saturated rings. The number of rotatable bonds is 7. The average Bonchev–Trinajstić information content (AvgIpc) is 3.60. The molecule has 4 heteroatoms. The largest absolute Gasteiger partial charge is 0.255 e. The van der Waals surface area contributed by atoms with E-state index in [0.717, 1.165) is 56.2 Å². The maximum absolute atomic E-state index is 9.39. The molecule has 0 atom stereocenters. The summed E-state index contributed by atoms with van der Waals surface area (Å²) in [7, 11) is 0. The summed E-state index contributed by atoms with van der Waals surface area (Å²) in [5.74, 6) is 0. The average molecular weight is 727 g/mol. The van der Waals surface area contributed by atoms with Gasteiger partial charge in [-0.2, -0.15) is 5.26 Å². The van der Waals surface area contributed by atoms with Crippen molar-refractivity contribution in [2.45, 2.75) is 5.41 Å². The third-order valence-corrected chi connectivity index (χ3v) is 11.1. The number of pyridine rings is 3. The van der Waals surface area contributed by atoms with Gasteiger partial charge in [-0.05, 0) is 127 Å². The van der Waals surface area contributed by atoms with E-state index in [0.29, 0.717) is 5.56 Å². The monoisotopic (exact) mass is 726 g/mol. The summed E-state index contributed by atoms with van der Waals surface area (Å²) in [6, 6.07) is 70.5. The van der Waals surface area contributed by atoms with Gasteiger partial charge in [-0.3, -0.25) is 9.97 Å². The molecular formula is C53H34N4. The summed E-state index contributed by atoms with van der Waals surface area (Å²) in [4.78, 5) is 14.6. The predicted molar refractivity (Wildman–Crippen MR) is 229 cm³/mol. The quantitative estimate of drug-likeness (QED) is 0.164. The molecule has 0 N–H and O–H groups in total. The topological polar surface area (TPSA) is 62.5 Å². The highest BCUT2D eigenvalue weighted by molar-refractivity contribution is 5.96. The van der Waals surface area contributed by atoms with Gasteiger partial charge in [0.15, 0.2) is 0 Å². The van der Waals surface area contributed by atoms with Gasteiger partial charge in [0.2, 0.25) is 0 Å². The maximum Gasteiger partial charge on any atom is 0.0991 e. The molecule has 10 rings (SSSR count). The van der Waals surface area contributed by atoms with E-state index >= 15 is 0 Å². The minimum atomic E-state index is -0.555. The molecule has 0 radical (unpaired) electrons. The van der Waals surface area contributed by atoms with Crippen molar-refractivity contribution in [3.63, 3.8) is 0 Å². The summed E-state index contributed by atoms with van der Waals surface area (Å²) in [5.41, 5.74) is 17.0. The van der Waals surface area contributed by atoms with Crippen LogP contribution in [0.5, 0.6) is 0 Å². The Hall–Kier alpha value is -7.74. The summed E-state index contributed by atoms with van der Waals surface area (Å²) in [6.45, 7) is 0. The summed E-state index contributed by atoms with van der Waals surface area (Å²) >= 11 is 0. The van der Waals surface area contributed by atoms with E-state index in [1.54, 1.807) is 0 Å². The van der Waals surface area contributed by atoms with E-state index in [4.69, 9.17) is 15.0 Å². The zero-order chi connectivity index (χ0) is 38.2. The Morgan fingerprint density at radius 1 is 0.368 bits per heavy atom. The van der Waals surface area contributed by atoms with Gasteiger partial charge >= 0.3 is 0 Å². The van der Waals surface area contributed by atoms with Crippen LogP contribution in [-0.2, 0) is 5.41 Å². The first-order chi connectivity index (χ1) is 28.2. The van der Waals surface area contributed by atoms with Crippen LogP contribution >= 0.6 is 0 Å². The van der Waals surface area contributed by atoms with Crippen LogP contribution in [0.2, 0.25) is 0 Å². The number of benzene rings is 6. The van der Waals surface area contributed by atoms with Crippen LogP contribution < -0.4 is 0 Å². The molecule has 0 bridgehead atoms. The SMILES string of the molecule is N#Cc1ccc(-c2ccc(-c3cc4c(cc3-c3cc(-c5ccccn5)nc(-c5ccccn5)c3)-c3ccccc3C4(c3ccccc3)c3ccccc3)cc2)cc1. The minimum absolute atomic E-state index is 0.555. The second-order valence-electron chi connectivity index (χ2n) is 14.3. The molecule has 4 nitrogen and oxygen atoms in total. The van der Waals surface area contributed by atoms with Gasteiger partial charge in [0.25, 0.3) is 0 Å². The molecule has 0 saturated carbocycles. The number of hydrogen-bond donors (Lipinski definition) is 0. The van der Waals surface area contributed by atoms with Gasteiger partial charge in [-0.15, -0.1) is 0 Å². The lowest BCUT2D eigenvalue weighted by Gasteiger charge is -2.34. The molecule has 3 aromatic heterocycles. The zero-order valence-corrected chi connectivity index (χ0v) is 30.9. The van der Waals surface area contributed by atoms with Crippen molar-refractivity contribution in [1.29, 1.82) is 5.26 Å². The molecule has 57 heavy (non-hydrogen) atoms. The van der Waals surface area contributed by atoms with Crippen LogP contribution in [0, 0.1) is 11.3 Å². The lowest BCUT2D eigenvalue weighted by atomic mass is 9.67. The normalized spacial score (nSPS) is 12.3. The van der Waals surface area contributed by atoms with Gasteiger partial charge in [-0.25, -0.2) is 4.98 Å². The van der Waals surface area contributed by atoms with Gasteiger partial charge in [-0.1, -0.05) is 133 Å². The van der Waals surface area contributed by atoms with Crippen molar-refractivity contribution >= 4 is 0 Å². The van der Waals surface area contributed by atoms with Crippen molar-refractivity contribution in [3.05, 3.63) is 234 Å². The number of nitrogens with zero attached hydrogens (tertiary/aromatic N) is 4. The lowest BCUT2D eigenvalue weighted by Crippen LogP contribution is -2.28. The lowest BCUT2D eigenvalue weighted by molar-refractivity contribution is 0.769. The molecule has 6 aromatic carbocycles. The predicted octanol–water partition coefficient (Wildman–Crippen LogP) is 12.4. The van der Waals surface area contributed by atoms with Gasteiger partial charge < -0.3 is 0 Å². The fraction of sp³-hybridized carbons (Fsp3) is 0.0189. The third-order valence-electron chi connectivity index (χ3n) is 11.1. The number of hydrogen-bond acceptors (Lipinski definition) is 4. The van der Waals surface area contributed by atoms with Crippen LogP contribution in [0.1, 0.15) is 27.8 Å². The molecule has 1 aliphatic rings. The van der Waals surface area contributed by atoms with E-state index in [-0.39, 0.29) is 0 Å². The highest BCUT2D eigenvalue weighted by atomic mass is 14.8. The van der Waals surface area contributed by atoms with E-state index < -0.39 is 5.41 Å². The third kappa shape index (κ3) is 5.82. The van der Waals surface area contributed by atoms with Crippen LogP contribution in [0.3, 0.4) is 0 Å². The molecule has 0 amide bonds. The van der Waals surface area contributed by atoms with Crippen LogP contribution in [0.4, 0.5) is 0 Å². The van der Waals surface area contributed by atoms with Crippen LogP contribution in [0.15, 0.2) is 207 Å². The Kier molecular flexibility index (Phi) is 8.39. The minimum Gasteiger partial charge on any atom is -0.255 e. The van der Waals surface area contributed by atoms with Gasteiger partial charge in [0.1, 0.15) is 0 Å². The second kappa shape index (κ2) is 14.2. The molecule has 266 valence electrons. The Morgan fingerprint density at radius 2 is 0.877 bits per heavy atom. The molecule has 0 spiro atoms. The highest BCUT2D eigenvalue weighted by Crippen LogP contribution is 2.58. The Bertz CT molecular complexity index is 2820. The highest BCUT2D eigenvalue weighted by Gasteiger charge is 2.46. The maximum atomic E-state index is 9.39. The van der Waals surface area contributed by atoms with Crippen molar-refractivity contribution in [1.82, 2.24) is 15.0 Å². The van der Waals surface area contributed by atoms with Crippen molar-refractivity contribution < 1.29 is 0 Å². The smallest absolute Gasteiger partial charge is 0.0991 e. The van der Waals surface area contributed by atoms with Crippen molar-refractivity contribution in [3.8, 4) is 73.4 Å². The van der Waals surface area contributed by atoms with Crippen LogP contribution in [-0.4, -0.2) is 15.0 Å². The van der Waals surface area contributed by atoms with Gasteiger partial charge in [0, 0.05) is 12.4 Å². The zero-order valence-electron chi connectivity index (χ0n) is 30.9. The van der Waals surface area contributed by atoms with Crippen molar-refractivity contribution in [2.75, 3.05) is 0 Å². The summed E-state index contributed by atoms with van der Waals surface area (Å²) < 4.78 is 0. The fourth-order valence-corrected chi connectivity index (χ4v) is 8.52.